The molecule has 28 heavy (non-hydrogen) atoms. The van der Waals surface area contributed by atoms with Gasteiger partial charge in [-0.2, -0.15) is 5.06 Å². The third kappa shape index (κ3) is 3.85. The Morgan fingerprint density at radius 1 is 1.46 bits per heavy atom. The number of phenols is 1. The number of H-pyrrole nitrogens is 1. The minimum Gasteiger partial charge on any atom is -0.507 e. The van der Waals surface area contributed by atoms with E-state index in [-0.39, 0.29) is 17.8 Å². The van der Waals surface area contributed by atoms with Crippen molar-refractivity contribution in [2.45, 2.75) is 44.9 Å². The average Bonchev–Trinajstić information content (AvgIpc) is 2.80. The van der Waals surface area contributed by atoms with Gasteiger partial charge in [0.2, 0.25) is 0 Å². The summed E-state index contributed by atoms with van der Waals surface area (Å²) in [7, 11) is 0. The number of benzene rings is 1. The first kappa shape index (κ1) is 19.9. The molecule has 3 heterocycles. The van der Waals surface area contributed by atoms with Crippen molar-refractivity contribution in [1.29, 1.82) is 0 Å². The molecule has 1 aromatic heterocycles. The number of halogens is 1. The van der Waals surface area contributed by atoms with E-state index in [4.69, 9.17) is 9.57 Å². The van der Waals surface area contributed by atoms with Crippen LogP contribution in [0.1, 0.15) is 38.1 Å². The molecule has 3 N–H and O–H groups in total. The second-order valence-electron chi connectivity index (χ2n) is 8.07. The van der Waals surface area contributed by atoms with Gasteiger partial charge in [-0.15, -0.1) is 11.8 Å². The number of hydroxylamine groups is 2. The van der Waals surface area contributed by atoms with Gasteiger partial charge >= 0.3 is 6.09 Å². The Balaban J connectivity index is 1.71. The summed E-state index contributed by atoms with van der Waals surface area (Å²) >= 11 is 5.02. The highest BCUT2D eigenvalue weighted by Crippen LogP contribution is 2.41. The fourth-order valence-electron chi connectivity index (χ4n) is 3.80. The lowest BCUT2D eigenvalue weighted by atomic mass is 9.94. The van der Waals surface area contributed by atoms with Crippen LogP contribution in [0, 0.1) is 0 Å². The number of carbonyl (C=O) groups is 1. The molecule has 0 saturated carbocycles. The van der Waals surface area contributed by atoms with Gasteiger partial charge in [-0.05, 0) is 60.8 Å². The number of amides is 1. The van der Waals surface area contributed by atoms with Crippen LogP contribution in [-0.4, -0.2) is 51.1 Å². The number of ether oxygens (including phenoxy) is 1. The summed E-state index contributed by atoms with van der Waals surface area (Å²) in [5.74, 6) is 1.47. The van der Waals surface area contributed by atoms with E-state index in [1.807, 2.05) is 31.9 Å². The maximum Gasteiger partial charge on any atom is 0.407 e. The molecule has 1 aromatic carbocycles. The Kier molecular flexibility index (Phi) is 5.28. The molecular formula is C19H24BrN3O4S. The molecule has 152 valence electrons. The largest absolute Gasteiger partial charge is 0.507 e. The van der Waals surface area contributed by atoms with E-state index in [1.54, 1.807) is 17.8 Å². The van der Waals surface area contributed by atoms with E-state index in [2.05, 4.69) is 26.2 Å². The van der Waals surface area contributed by atoms with Gasteiger partial charge in [0.25, 0.3) is 0 Å². The quantitative estimate of drug-likeness (QED) is 0.583. The van der Waals surface area contributed by atoms with Gasteiger partial charge in [0.05, 0.1) is 16.6 Å². The molecule has 4 rings (SSSR count). The molecule has 0 bridgehead atoms. The number of fused-ring (bicyclic) bond motifs is 5. The zero-order chi connectivity index (χ0) is 20.1. The van der Waals surface area contributed by atoms with Crippen LogP contribution in [0.25, 0.3) is 10.9 Å². The number of hydrogen-bond acceptors (Lipinski definition) is 6. The molecule has 7 nitrogen and oxygen atoms in total. The minimum absolute atomic E-state index is 0.153. The van der Waals surface area contributed by atoms with Crippen molar-refractivity contribution >= 4 is 44.7 Å². The summed E-state index contributed by atoms with van der Waals surface area (Å²) in [5.41, 5.74) is 2.57. The summed E-state index contributed by atoms with van der Waals surface area (Å²) in [4.78, 5) is 21.9. The van der Waals surface area contributed by atoms with Gasteiger partial charge in [0.15, 0.2) is 0 Å². The molecule has 1 fully saturated rings. The molecule has 1 saturated heterocycles. The fourth-order valence-corrected chi connectivity index (χ4v) is 4.97. The number of carbonyl (C=O) groups excluding carboxylic acids is 1. The van der Waals surface area contributed by atoms with Crippen molar-refractivity contribution in [3.63, 3.8) is 0 Å². The Bertz CT molecular complexity index is 911. The van der Waals surface area contributed by atoms with Gasteiger partial charge in [0.1, 0.15) is 17.3 Å². The van der Waals surface area contributed by atoms with Crippen LogP contribution in [0.5, 0.6) is 5.75 Å². The first-order valence-corrected chi connectivity index (χ1v) is 11.2. The fraction of sp³-hybridized carbons (Fsp3) is 0.526. The van der Waals surface area contributed by atoms with Crippen molar-refractivity contribution in [2.24, 2.45) is 0 Å². The van der Waals surface area contributed by atoms with E-state index in [0.717, 1.165) is 28.6 Å². The number of aromatic amines is 1. The Morgan fingerprint density at radius 3 is 3.00 bits per heavy atom. The van der Waals surface area contributed by atoms with Crippen LogP contribution in [-0.2, 0) is 16.0 Å². The molecule has 0 unspecified atom stereocenters. The second-order valence-corrected chi connectivity index (χ2v) is 9.90. The lowest BCUT2D eigenvalue weighted by Gasteiger charge is -2.37. The van der Waals surface area contributed by atoms with Gasteiger partial charge < -0.3 is 20.1 Å². The zero-order valence-electron chi connectivity index (χ0n) is 16.0. The highest BCUT2D eigenvalue weighted by atomic mass is 79.9. The second kappa shape index (κ2) is 7.44. The number of hydrogen-bond donors (Lipinski definition) is 3. The first-order chi connectivity index (χ1) is 13.2. The van der Waals surface area contributed by atoms with Gasteiger partial charge in [-0.1, -0.05) is 0 Å². The summed E-state index contributed by atoms with van der Waals surface area (Å²) in [6.45, 7) is 6.27. The van der Waals surface area contributed by atoms with Crippen LogP contribution < -0.4 is 5.32 Å². The van der Waals surface area contributed by atoms with E-state index in [0.29, 0.717) is 22.7 Å². The Morgan fingerprint density at radius 2 is 2.25 bits per heavy atom. The molecule has 2 atom stereocenters. The van der Waals surface area contributed by atoms with Crippen LogP contribution in [0.15, 0.2) is 16.6 Å². The minimum atomic E-state index is -0.555. The predicted molar refractivity (Wildman–Crippen MR) is 112 cm³/mol. The van der Waals surface area contributed by atoms with Gasteiger partial charge in [-0.25, -0.2) is 4.79 Å². The zero-order valence-corrected chi connectivity index (χ0v) is 18.4. The Hall–Kier alpha value is -1.42. The van der Waals surface area contributed by atoms with Crippen LogP contribution >= 0.6 is 27.7 Å². The number of aromatic nitrogens is 1. The molecule has 0 radical (unpaired) electrons. The Labute approximate surface area is 176 Å². The number of rotatable bonds is 1. The lowest BCUT2D eigenvalue weighted by molar-refractivity contribution is -0.177. The summed E-state index contributed by atoms with van der Waals surface area (Å²) < 4.78 is 6.12. The maximum absolute atomic E-state index is 12.4. The van der Waals surface area contributed by atoms with Gasteiger partial charge in [-0.3, -0.25) is 4.84 Å². The van der Waals surface area contributed by atoms with E-state index in [9.17, 15) is 9.90 Å². The number of alkyl carbamates (subject to hydrolysis) is 1. The van der Waals surface area contributed by atoms with E-state index in [1.165, 1.54) is 0 Å². The molecule has 2 aliphatic heterocycles. The molecule has 0 aliphatic carbocycles. The van der Waals surface area contributed by atoms with Crippen molar-refractivity contribution in [3.05, 3.63) is 27.9 Å². The smallest absolute Gasteiger partial charge is 0.407 e. The SMILES string of the molecule is CC(C)(C)OC(=O)N[C@@H]1CSCON2CCc3c([nH]c4cc(Br)c(O)cc34)[C@H]12. The van der Waals surface area contributed by atoms with Gasteiger partial charge in [0, 0.05) is 28.9 Å². The van der Waals surface area contributed by atoms with E-state index < -0.39 is 11.7 Å². The first-order valence-electron chi connectivity index (χ1n) is 9.23. The standard InChI is InChI=1S/C19H24BrN3O4S/c1-19(2,3)27-18(25)22-14-8-28-9-26-23-5-4-10-11-6-15(24)12(20)7-13(11)21-16(10)17(14)23/h6-7,14,17,21,24H,4-5,8-9H2,1-3H3,(H,22,25)/t14-,17+/m1/s1. The topological polar surface area (TPSA) is 86.8 Å². The lowest BCUT2D eigenvalue weighted by Crippen LogP contribution is -2.49. The van der Waals surface area contributed by atoms with Crippen molar-refractivity contribution in [3.8, 4) is 5.75 Å². The number of nitrogens with zero attached hydrogens (tertiary/aromatic N) is 1. The van der Waals surface area contributed by atoms with Crippen LogP contribution in [0.2, 0.25) is 0 Å². The highest BCUT2D eigenvalue weighted by molar-refractivity contribution is 9.10. The number of nitrogens with one attached hydrogen (secondary N) is 2. The monoisotopic (exact) mass is 469 g/mol. The molecule has 1 amide bonds. The average molecular weight is 470 g/mol. The summed E-state index contributed by atoms with van der Waals surface area (Å²) in [6.07, 6.45) is 0.375. The number of thioether (sulfide) groups is 1. The van der Waals surface area contributed by atoms with Crippen molar-refractivity contribution < 1.29 is 19.5 Å². The predicted octanol–water partition coefficient (Wildman–Crippen LogP) is 4.06. The third-order valence-corrected chi connectivity index (χ3v) is 6.38. The molecule has 9 heteroatoms. The number of aromatic hydroxyl groups is 1. The highest BCUT2D eigenvalue weighted by Gasteiger charge is 2.40. The maximum atomic E-state index is 12.4. The van der Waals surface area contributed by atoms with E-state index >= 15 is 0 Å². The summed E-state index contributed by atoms with van der Waals surface area (Å²) in [6, 6.07) is 3.34. The number of phenolic OH excluding ortho intramolecular Hbond substituents is 1. The van der Waals surface area contributed by atoms with Crippen molar-refractivity contribution in [2.75, 3.05) is 18.2 Å². The molecule has 2 aromatic rings. The molecular weight excluding hydrogens is 446 g/mol. The molecule has 2 aliphatic rings. The molecule has 0 spiro atoms. The van der Waals surface area contributed by atoms with Crippen molar-refractivity contribution in [1.82, 2.24) is 15.4 Å². The van der Waals surface area contributed by atoms with Crippen LogP contribution in [0.4, 0.5) is 4.79 Å². The summed E-state index contributed by atoms with van der Waals surface area (Å²) in [5, 5.41) is 16.1. The third-order valence-electron chi connectivity index (χ3n) is 4.88. The van der Waals surface area contributed by atoms with Crippen LogP contribution in [0.3, 0.4) is 0 Å². The normalized spacial score (nSPS) is 23.0.